The third-order valence-corrected chi connectivity index (χ3v) is 4.43. The summed E-state index contributed by atoms with van der Waals surface area (Å²) in [5.41, 5.74) is 0.846. The number of rotatable bonds is 2. The molecule has 20 heavy (non-hydrogen) atoms. The Balaban J connectivity index is 2.23. The molecule has 0 radical (unpaired) electrons. The van der Waals surface area contributed by atoms with Gasteiger partial charge in [-0.15, -0.1) is 10.2 Å². The van der Waals surface area contributed by atoms with E-state index >= 15 is 0 Å². The minimum atomic E-state index is -0.471. The molecule has 0 saturated carbocycles. The monoisotopic (exact) mass is 293 g/mol. The molecule has 1 aliphatic rings. The zero-order valence-electron chi connectivity index (χ0n) is 10.7. The molecule has 2 heterocycles. The van der Waals surface area contributed by atoms with E-state index in [1.165, 1.54) is 19.1 Å². The van der Waals surface area contributed by atoms with Crippen LogP contribution in [-0.4, -0.2) is 27.1 Å². The summed E-state index contributed by atoms with van der Waals surface area (Å²) in [5.74, 6) is 0.814. The first-order valence-electron chi connectivity index (χ1n) is 6.10. The zero-order chi connectivity index (χ0) is 14.3. The van der Waals surface area contributed by atoms with Gasteiger partial charge in [0.1, 0.15) is 5.82 Å². The maximum atomic E-state index is 13.4. The summed E-state index contributed by atoms with van der Waals surface area (Å²) < 4.78 is 15.2. The van der Waals surface area contributed by atoms with Crippen molar-refractivity contribution in [2.24, 2.45) is 10.2 Å². The summed E-state index contributed by atoms with van der Waals surface area (Å²) in [6.07, 6.45) is 0. The molecule has 1 aliphatic heterocycles. The molecule has 2 aromatic rings. The van der Waals surface area contributed by atoms with Crippen LogP contribution in [0.4, 0.5) is 10.1 Å². The second kappa shape index (κ2) is 4.90. The number of halogens is 1. The van der Waals surface area contributed by atoms with E-state index in [0.29, 0.717) is 10.9 Å². The normalized spacial score (nSPS) is 15.9. The van der Waals surface area contributed by atoms with Gasteiger partial charge in [-0.2, -0.15) is 11.8 Å². The summed E-state index contributed by atoms with van der Waals surface area (Å²) in [5, 5.41) is 18.0. The molecule has 1 fully saturated rings. The average Bonchev–Trinajstić information content (AvgIpc) is 2.58. The van der Waals surface area contributed by atoms with E-state index in [1.54, 1.807) is 22.4 Å². The number of carbonyl (C=O) groups excluding carboxylic acids is 1. The Morgan fingerprint density at radius 3 is 2.85 bits per heavy atom. The van der Waals surface area contributed by atoms with Gasteiger partial charge in [-0.25, -0.2) is 4.39 Å². The highest BCUT2D eigenvalue weighted by Gasteiger charge is 2.27. The van der Waals surface area contributed by atoms with Crippen LogP contribution in [0.3, 0.4) is 0 Å². The van der Waals surface area contributed by atoms with Crippen molar-refractivity contribution in [3.05, 3.63) is 24.0 Å². The van der Waals surface area contributed by atoms with Gasteiger partial charge < -0.3 is 9.67 Å². The van der Waals surface area contributed by atoms with Crippen LogP contribution in [0.1, 0.15) is 13.0 Å². The molecule has 1 amide bonds. The predicted octanol–water partition coefficient (Wildman–Crippen LogP) is 3.40. The van der Waals surface area contributed by atoms with E-state index in [1.807, 2.05) is 0 Å². The maximum absolute atomic E-state index is 13.4. The third kappa shape index (κ3) is 2.07. The van der Waals surface area contributed by atoms with E-state index in [2.05, 4.69) is 10.2 Å². The lowest BCUT2D eigenvalue weighted by Gasteiger charge is -2.27. The third-order valence-electron chi connectivity index (χ3n) is 3.19. The van der Waals surface area contributed by atoms with Gasteiger partial charge in [0.05, 0.1) is 11.6 Å². The van der Waals surface area contributed by atoms with Crippen molar-refractivity contribution in [3.63, 3.8) is 0 Å². The van der Waals surface area contributed by atoms with Gasteiger partial charge in [-0.1, -0.05) is 0 Å². The van der Waals surface area contributed by atoms with Gasteiger partial charge in [0.15, 0.2) is 5.69 Å². The summed E-state index contributed by atoms with van der Waals surface area (Å²) >= 11 is 1.77. The van der Waals surface area contributed by atoms with Crippen molar-refractivity contribution < 1.29 is 14.3 Å². The number of hydrogen-bond donors (Lipinski definition) is 1. The summed E-state index contributed by atoms with van der Waals surface area (Å²) in [4.78, 5) is 10.9. The fourth-order valence-corrected chi connectivity index (χ4v) is 2.96. The molecule has 104 valence electrons. The quantitative estimate of drug-likeness (QED) is 0.863. The molecule has 0 aliphatic carbocycles. The maximum Gasteiger partial charge on any atom is 0.261 e. The summed E-state index contributed by atoms with van der Waals surface area (Å²) in [6, 6.07) is 4.41. The van der Waals surface area contributed by atoms with Gasteiger partial charge in [0, 0.05) is 23.8 Å². The van der Waals surface area contributed by atoms with Crippen LogP contribution in [0, 0.1) is 5.82 Å². The molecule has 0 spiro atoms. The van der Waals surface area contributed by atoms with Crippen molar-refractivity contribution in [1.82, 2.24) is 4.57 Å². The van der Waals surface area contributed by atoms with Crippen molar-refractivity contribution in [2.45, 2.75) is 13.0 Å². The Morgan fingerprint density at radius 2 is 2.25 bits per heavy atom. The van der Waals surface area contributed by atoms with Gasteiger partial charge in [0.2, 0.25) is 5.88 Å². The van der Waals surface area contributed by atoms with E-state index < -0.39 is 11.7 Å². The van der Waals surface area contributed by atoms with E-state index in [0.717, 1.165) is 11.5 Å². The number of aromatic hydroxyl groups is 1. The second-order valence-corrected chi connectivity index (χ2v) is 5.69. The van der Waals surface area contributed by atoms with E-state index in [9.17, 15) is 14.3 Å². The first kappa shape index (κ1) is 13.1. The van der Waals surface area contributed by atoms with Crippen LogP contribution in [0.5, 0.6) is 5.88 Å². The van der Waals surface area contributed by atoms with Crippen LogP contribution in [0.25, 0.3) is 10.9 Å². The first-order valence-corrected chi connectivity index (χ1v) is 7.26. The van der Waals surface area contributed by atoms with Crippen LogP contribution in [0.2, 0.25) is 0 Å². The lowest BCUT2D eigenvalue weighted by atomic mass is 10.2. The molecular weight excluding hydrogens is 281 g/mol. The van der Waals surface area contributed by atoms with Crippen molar-refractivity contribution in [1.29, 1.82) is 0 Å². The molecule has 0 unspecified atom stereocenters. The molecule has 1 aromatic heterocycles. The van der Waals surface area contributed by atoms with Crippen molar-refractivity contribution >= 4 is 34.3 Å². The van der Waals surface area contributed by atoms with E-state index in [4.69, 9.17) is 0 Å². The molecule has 1 N–H and O–H groups in total. The minimum Gasteiger partial charge on any atom is -0.493 e. The summed E-state index contributed by atoms with van der Waals surface area (Å²) in [7, 11) is 0. The number of nitrogens with zero attached hydrogens (tertiary/aromatic N) is 3. The fourth-order valence-electron chi connectivity index (χ4n) is 2.22. The first-order chi connectivity index (χ1) is 9.58. The predicted molar refractivity (Wildman–Crippen MR) is 75.1 cm³/mol. The average molecular weight is 293 g/mol. The number of carbonyl (C=O) groups is 1. The highest BCUT2D eigenvalue weighted by Crippen LogP contribution is 2.44. The highest BCUT2D eigenvalue weighted by molar-refractivity contribution is 8.00. The Hall–Kier alpha value is -1.89. The number of thioether (sulfide) groups is 1. The van der Waals surface area contributed by atoms with Crippen LogP contribution in [-0.2, 0) is 4.79 Å². The Kier molecular flexibility index (Phi) is 3.21. The Morgan fingerprint density at radius 1 is 1.50 bits per heavy atom. The topological polar surface area (TPSA) is 66.9 Å². The Labute approximate surface area is 118 Å². The van der Waals surface area contributed by atoms with Crippen LogP contribution >= 0.6 is 11.8 Å². The lowest BCUT2D eigenvalue weighted by Crippen LogP contribution is -2.22. The molecule has 1 aromatic carbocycles. The fraction of sp³-hybridized carbons (Fsp3) is 0.308. The van der Waals surface area contributed by atoms with Crippen molar-refractivity contribution in [3.8, 4) is 5.88 Å². The van der Waals surface area contributed by atoms with Gasteiger partial charge >= 0.3 is 0 Å². The molecular formula is C13H12FN3O2S. The number of fused-ring (bicyclic) bond motifs is 1. The molecule has 7 heteroatoms. The largest absolute Gasteiger partial charge is 0.493 e. The van der Waals surface area contributed by atoms with Gasteiger partial charge in [-0.05, 0) is 18.2 Å². The van der Waals surface area contributed by atoms with Crippen LogP contribution in [0.15, 0.2) is 28.4 Å². The molecule has 5 nitrogen and oxygen atoms in total. The standard InChI is InChI=1S/C13H12FN3O2S/c1-7(18)15-16-12-10-4-8(14)2-3-11(10)17(13(12)19)9-5-20-6-9/h2-4,9,19H,5-6H2,1H3. The minimum absolute atomic E-state index is 0.0686. The lowest BCUT2D eigenvalue weighted by molar-refractivity contribution is -0.116. The van der Waals surface area contributed by atoms with Gasteiger partial charge in [-0.3, -0.25) is 4.79 Å². The van der Waals surface area contributed by atoms with Gasteiger partial charge in [0.25, 0.3) is 5.91 Å². The van der Waals surface area contributed by atoms with Crippen LogP contribution < -0.4 is 0 Å². The number of azo groups is 1. The number of aromatic nitrogens is 1. The molecule has 1 saturated heterocycles. The number of amides is 1. The molecule has 3 rings (SSSR count). The highest BCUT2D eigenvalue weighted by atomic mass is 32.2. The Bertz CT molecular complexity index is 722. The smallest absolute Gasteiger partial charge is 0.261 e. The SMILES string of the molecule is CC(=O)N=Nc1c(O)n(C2CSC2)c2ccc(F)cc12. The zero-order valence-corrected chi connectivity index (χ0v) is 11.5. The molecule has 0 bridgehead atoms. The molecule has 0 atom stereocenters. The number of hydrogen-bond acceptors (Lipinski definition) is 4. The van der Waals surface area contributed by atoms with Crippen molar-refractivity contribution in [2.75, 3.05) is 11.5 Å². The summed E-state index contributed by atoms with van der Waals surface area (Å²) in [6.45, 7) is 1.27. The van der Waals surface area contributed by atoms with E-state index in [-0.39, 0.29) is 17.6 Å². The second-order valence-electron chi connectivity index (χ2n) is 4.61. The number of benzene rings is 1.